The van der Waals surface area contributed by atoms with Crippen LogP contribution in [0.3, 0.4) is 0 Å². The number of rotatable bonds is 3. The summed E-state index contributed by atoms with van der Waals surface area (Å²) in [5.41, 5.74) is 1.34. The monoisotopic (exact) mass is 424 g/mol. The Morgan fingerprint density at radius 1 is 0.871 bits per heavy atom. The van der Waals surface area contributed by atoms with Crippen LogP contribution in [-0.2, 0) is 11.0 Å². The van der Waals surface area contributed by atoms with Crippen LogP contribution < -0.4 is 9.96 Å². The topological polar surface area (TPSA) is 32.8 Å². The predicted molar refractivity (Wildman–Crippen MR) is 114 cm³/mol. The van der Waals surface area contributed by atoms with Crippen molar-refractivity contribution in [3.05, 3.63) is 95.6 Å². The molecule has 0 spiro atoms. The molecule has 0 fully saturated rings. The van der Waals surface area contributed by atoms with Gasteiger partial charge in [-0.25, -0.2) is 4.79 Å². The Kier molecular flexibility index (Phi) is 6.63. The molecule has 0 aliphatic rings. The first-order valence-electron chi connectivity index (χ1n) is 9.26. The van der Waals surface area contributed by atoms with Gasteiger partial charge >= 0.3 is 12.2 Å². The summed E-state index contributed by atoms with van der Waals surface area (Å²) in [6.07, 6.45) is -4.40. The number of halogens is 3. The number of anilines is 2. The number of para-hydroxylation sites is 2. The lowest BCUT2D eigenvalue weighted by atomic mass is 10.1. The van der Waals surface area contributed by atoms with Gasteiger partial charge in [0.25, 0.3) is 0 Å². The van der Waals surface area contributed by atoms with Crippen LogP contribution in [0.5, 0.6) is 0 Å². The third-order valence-electron chi connectivity index (χ3n) is 4.45. The Bertz CT molecular complexity index is 1100. The molecule has 0 aliphatic carbocycles. The zero-order valence-corrected chi connectivity index (χ0v) is 16.9. The Morgan fingerprint density at radius 3 is 2.10 bits per heavy atom. The fourth-order valence-electron chi connectivity index (χ4n) is 2.85. The van der Waals surface area contributed by atoms with Crippen molar-refractivity contribution >= 4 is 17.4 Å². The van der Waals surface area contributed by atoms with Crippen molar-refractivity contribution < 1.29 is 22.8 Å². The molecule has 0 aromatic heterocycles. The largest absolute Gasteiger partial charge is 0.416 e. The number of nitrogens with zero attached hydrogens (tertiary/aromatic N) is 2. The van der Waals surface area contributed by atoms with E-state index in [9.17, 15) is 18.0 Å². The number of urea groups is 1. The number of carbonyl (C=O) groups excluding carboxylic acids is 1. The number of hydrogen-bond donors (Lipinski definition) is 0. The van der Waals surface area contributed by atoms with E-state index in [0.717, 1.165) is 17.2 Å². The van der Waals surface area contributed by atoms with Crippen LogP contribution in [0.4, 0.5) is 29.3 Å². The highest BCUT2D eigenvalue weighted by Gasteiger charge is 2.29. The van der Waals surface area contributed by atoms with Gasteiger partial charge in [0.2, 0.25) is 0 Å². The van der Waals surface area contributed by atoms with Crippen LogP contribution in [-0.4, -0.2) is 20.2 Å². The van der Waals surface area contributed by atoms with E-state index in [1.807, 2.05) is 6.07 Å². The second-order valence-electron chi connectivity index (χ2n) is 6.50. The van der Waals surface area contributed by atoms with E-state index in [0.29, 0.717) is 22.5 Å². The van der Waals surface area contributed by atoms with Crippen LogP contribution >= 0.6 is 0 Å². The first kappa shape index (κ1) is 21.9. The van der Waals surface area contributed by atoms with Gasteiger partial charge in [0.05, 0.1) is 24.0 Å². The number of benzene rings is 3. The number of amides is 2. The summed E-state index contributed by atoms with van der Waals surface area (Å²) in [7, 11) is 2.99. The zero-order valence-electron chi connectivity index (χ0n) is 16.9. The van der Waals surface area contributed by atoms with Gasteiger partial charge in [-0.05, 0) is 48.5 Å². The van der Waals surface area contributed by atoms with Crippen LogP contribution in [0, 0.1) is 11.8 Å². The average Bonchev–Trinajstić information content (AvgIpc) is 2.78. The summed E-state index contributed by atoms with van der Waals surface area (Å²) in [6.45, 7) is 0. The van der Waals surface area contributed by atoms with Crippen molar-refractivity contribution in [1.29, 1.82) is 0 Å². The molecule has 0 saturated carbocycles. The number of carbonyl (C=O) groups is 1. The first-order valence-corrected chi connectivity index (χ1v) is 9.26. The molecule has 3 aromatic carbocycles. The standard InChI is InChI=1S/C24H19F3N2O2/c1-28(23(30)29(31-2)21-9-4-3-5-10-21)22-11-7-6-8-19(22)15-12-18-13-16-20(17-14-18)24(25,26)27/h3-11,13-14,16-17H,1-2H3. The molecule has 31 heavy (non-hydrogen) atoms. The third kappa shape index (κ3) is 5.24. The average molecular weight is 424 g/mol. The van der Waals surface area contributed by atoms with Gasteiger partial charge in [-0.15, -0.1) is 0 Å². The maximum atomic E-state index is 13.0. The quantitative estimate of drug-likeness (QED) is 0.397. The van der Waals surface area contributed by atoms with E-state index in [2.05, 4.69) is 11.8 Å². The fraction of sp³-hybridized carbons (Fsp3) is 0.125. The Labute approximate surface area is 178 Å². The van der Waals surface area contributed by atoms with Crippen molar-refractivity contribution in [1.82, 2.24) is 0 Å². The minimum Gasteiger partial charge on any atom is -0.294 e. The van der Waals surface area contributed by atoms with Gasteiger partial charge in [-0.3, -0.25) is 9.74 Å². The Balaban J connectivity index is 1.87. The summed E-state index contributed by atoms with van der Waals surface area (Å²) in [6, 6.07) is 20.1. The molecular weight excluding hydrogens is 405 g/mol. The summed E-state index contributed by atoms with van der Waals surface area (Å²) < 4.78 is 38.2. The second-order valence-corrected chi connectivity index (χ2v) is 6.50. The molecular formula is C24H19F3N2O2. The zero-order chi connectivity index (χ0) is 22.4. The first-order chi connectivity index (χ1) is 14.8. The molecule has 0 heterocycles. The van der Waals surface area contributed by atoms with Gasteiger partial charge in [0.1, 0.15) is 0 Å². The molecule has 7 heteroatoms. The van der Waals surface area contributed by atoms with Crippen molar-refractivity contribution in [3.63, 3.8) is 0 Å². The molecule has 0 aliphatic heterocycles. The van der Waals surface area contributed by atoms with Crippen LogP contribution in [0.1, 0.15) is 16.7 Å². The van der Waals surface area contributed by atoms with Gasteiger partial charge in [-0.1, -0.05) is 42.2 Å². The number of alkyl halides is 3. The summed E-state index contributed by atoms with van der Waals surface area (Å²) in [5.74, 6) is 5.78. The molecule has 4 nitrogen and oxygen atoms in total. The van der Waals surface area contributed by atoms with Crippen LogP contribution in [0.2, 0.25) is 0 Å². The number of hydrogen-bond acceptors (Lipinski definition) is 2. The Morgan fingerprint density at radius 2 is 1.48 bits per heavy atom. The molecule has 3 rings (SSSR count). The predicted octanol–water partition coefficient (Wildman–Crippen LogP) is 5.73. The van der Waals surface area contributed by atoms with E-state index in [4.69, 9.17) is 4.84 Å². The lowest BCUT2D eigenvalue weighted by Gasteiger charge is -2.26. The molecule has 0 atom stereocenters. The van der Waals surface area contributed by atoms with Crippen molar-refractivity contribution in [3.8, 4) is 11.8 Å². The maximum Gasteiger partial charge on any atom is 0.416 e. The van der Waals surface area contributed by atoms with E-state index in [-0.39, 0.29) is 0 Å². The highest BCUT2D eigenvalue weighted by Crippen LogP contribution is 2.29. The molecule has 0 bridgehead atoms. The van der Waals surface area contributed by atoms with Crippen molar-refractivity contribution in [2.24, 2.45) is 0 Å². The van der Waals surface area contributed by atoms with Gasteiger partial charge in [-0.2, -0.15) is 18.2 Å². The molecule has 0 radical (unpaired) electrons. The third-order valence-corrected chi connectivity index (χ3v) is 4.45. The van der Waals surface area contributed by atoms with E-state index >= 15 is 0 Å². The summed E-state index contributed by atoms with van der Waals surface area (Å²) in [5, 5.41) is 1.15. The van der Waals surface area contributed by atoms with Gasteiger partial charge in [0, 0.05) is 18.2 Å². The molecule has 3 aromatic rings. The molecule has 0 N–H and O–H groups in total. The fourth-order valence-corrected chi connectivity index (χ4v) is 2.85. The van der Waals surface area contributed by atoms with E-state index < -0.39 is 17.8 Å². The van der Waals surface area contributed by atoms with Crippen LogP contribution in [0.15, 0.2) is 78.9 Å². The highest BCUT2D eigenvalue weighted by molar-refractivity contribution is 6.02. The molecule has 0 saturated heterocycles. The van der Waals surface area contributed by atoms with Crippen molar-refractivity contribution in [2.45, 2.75) is 6.18 Å². The summed E-state index contributed by atoms with van der Waals surface area (Å²) in [4.78, 5) is 19.7. The van der Waals surface area contributed by atoms with Gasteiger partial charge in [0.15, 0.2) is 0 Å². The smallest absolute Gasteiger partial charge is 0.294 e. The lowest BCUT2D eigenvalue weighted by Crippen LogP contribution is -2.41. The normalized spacial score (nSPS) is 10.7. The number of hydroxylamine groups is 1. The minimum atomic E-state index is -4.40. The van der Waals surface area contributed by atoms with E-state index in [1.54, 1.807) is 55.6 Å². The van der Waals surface area contributed by atoms with E-state index in [1.165, 1.54) is 24.1 Å². The lowest BCUT2D eigenvalue weighted by molar-refractivity contribution is -0.137. The second kappa shape index (κ2) is 9.37. The molecule has 2 amide bonds. The SMILES string of the molecule is CON(C(=O)N(C)c1ccccc1C#Cc1ccc(C(F)(F)F)cc1)c1ccccc1. The Hall–Kier alpha value is -3.76. The molecule has 0 unspecified atom stereocenters. The minimum absolute atomic E-state index is 0.430. The maximum absolute atomic E-state index is 13.0. The van der Waals surface area contributed by atoms with Crippen LogP contribution in [0.25, 0.3) is 0 Å². The highest BCUT2D eigenvalue weighted by atomic mass is 19.4. The summed E-state index contributed by atoms with van der Waals surface area (Å²) >= 11 is 0. The van der Waals surface area contributed by atoms with Gasteiger partial charge < -0.3 is 0 Å². The molecule has 158 valence electrons. The van der Waals surface area contributed by atoms with Crippen molar-refractivity contribution in [2.75, 3.05) is 24.1 Å².